The monoisotopic (exact) mass is 392 g/mol. The third kappa shape index (κ3) is 5.66. The number of rotatable bonds is 9. The van der Waals surface area contributed by atoms with Gasteiger partial charge in [-0.2, -0.15) is 5.10 Å². The van der Waals surface area contributed by atoms with E-state index in [0.717, 1.165) is 19.3 Å². The van der Waals surface area contributed by atoms with Crippen molar-refractivity contribution in [1.82, 2.24) is 9.78 Å². The molecule has 1 aromatic carbocycles. The van der Waals surface area contributed by atoms with Crippen LogP contribution in [0.1, 0.15) is 40.0 Å². The number of aromatic nitrogens is 2. The number of hydrogen-bond acceptors (Lipinski definition) is 5. The lowest BCUT2D eigenvalue weighted by atomic mass is 10.1. The fourth-order valence-electron chi connectivity index (χ4n) is 2.56. The van der Waals surface area contributed by atoms with Crippen LogP contribution in [0.2, 0.25) is 0 Å². The van der Waals surface area contributed by atoms with Crippen molar-refractivity contribution in [2.24, 2.45) is 5.92 Å². The molecular formula is C20H28N2O4S. The third-order valence-corrected chi connectivity index (χ3v) is 5.39. The van der Waals surface area contributed by atoms with Crippen molar-refractivity contribution >= 4 is 9.84 Å². The highest BCUT2D eigenvalue weighted by Gasteiger charge is 2.16. The van der Waals surface area contributed by atoms with Crippen LogP contribution in [0.15, 0.2) is 40.2 Å². The largest absolute Gasteiger partial charge is 0.487 e. The first-order chi connectivity index (χ1) is 12.7. The van der Waals surface area contributed by atoms with Gasteiger partial charge in [0.15, 0.2) is 15.6 Å². The van der Waals surface area contributed by atoms with Crippen LogP contribution in [0.5, 0.6) is 5.75 Å². The van der Waals surface area contributed by atoms with Gasteiger partial charge in [-0.05, 0) is 36.5 Å². The first-order valence-electron chi connectivity index (χ1n) is 9.27. The molecule has 2 rings (SSSR count). The van der Waals surface area contributed by atoms with Crippen LogP contribution in [-0.4, -0.2) is 31.1 Å². The van der Waals surface area contributed by atoms with Crippen LogP contribution in [0.4, 0.5) is 0 Å². The third-order valence-electron chi connectivity index (χ3n) is 4.26. The van der Waals surface area contributed by atoms with Crippen molar-refractivity contribution in [2.75, 3.05) is 12.9 Å². The number of benzene rings is 1. The molecule has 0 amide bonds. The Morgan fingerprint density at radius 2 is 1.85 bits per heavy atom. The molecule has 7 heteroatoms. The summed E-state index contributed by atoms with van der Waals surface area (Å²) in [6.07, 6.45) is 5.45. The van der Waals surface area contributed by atoms with E-state index in [1.54, 1.807) is 18.3 Å². The van der Waals surface area contributed by atoms with Crippen molar-refractivity contribution in [1.29, 1.82) is 0 Å². The van der Waals surface area contributed by atoms with E-state index in [4.69, 9.17) is 4.74 Å². The van der Waals surface area contributed by atoms with E-state index in [1.807, 2.05) is 0 Å². The van der Waals surface area contributed by atoms with Gasteiger partial charge < -0.3 is 4.74 Å². The predicted octanol–water partition coefficient (Wildman–Crippen LogP) is 3.54. The molecule has 1 heterocycles. The standard InChI is InChI=1S/C20H28N2O4S/c1-5-6-12-22-20(23)19(26-13-11-15(2)3)18(14-21-22)16-7-9-17(10-8-16)27(4,24)25/h7-10,14-15H,5-6,11-13H2,1-4H3. The first-order valence-corrected chi connectivity index (χ1v) is 11.2. The van der Waals surface area contributed by atoms with E-state index in [-0.39, 0.29) is 16.2 Å². The minimum atomic E-state index is -3.27. The van der Waals surface area contributed by atoms with Crippen molar-refractivity contribution in [2.45, 2.75) is 51.5 Å². The van der Waals surface area contributed by atoms with E-state index >= 15 is 0 Å². The minimum Gasteiger partial charge on any atom is -0.487 e. The molecule has 2 aromatic rings. The van der Waals surface area contributed by atoms with Crippen molar-refractivity contribution in [3.8, 4) is 16.9 Å². The van der Waals surface area contributed by atoms with Gasteiger partial charge in [-0.3, -0.25) is 4.79 Å². The Labute approximate surface area is 161 Å². The first kappa shape index (κ1) is 21.2. The van der Waals surface area contributed by atoms with Crippen LogP contribution in [0, 0.1) is 5.92 Å². The van der Waals surface area contributed by atoms with Crippen molar-refractivity contribution in [3.63, 3.8) is 0 Å². The van der Waals surface area contributed by atoms with E-state index in [2.05, 4.69) is 25.9 Å². The highest BCUT2D eigenvalue weighted by atomic mass is 32.2. The second-order valence-electron chi connectivity index (χ2n) is 7.10. The molecule has 0 saturated carbocycles. The molecule has 148 valence electrons. The van der Waals surface area contributed by atoms with Gasteiger partial charge in [0.1, 0.15) is 0 Å². The molecule has 0 aliphatic carbocycles. The number of ether oxygens (including phenoxy) is 1. The van der Waals surface area contributed by atoms with Gasteiger partial charge in [-0.15, -0.1) is 0 Å². The zero-order valence-electron chi connectivity index (χ0n) is 16.4. The van der Waals surface area contributed by atoms with E-state index in [9.17, 15) is 13.2 Å². The molecule has 0 fully saturated rings. The Kier molecular flexibility index (Phi) is 7.18. The fraction of sp³-hybridized carbons (Fsp3) is 0.500. The molecule has 0 atom stereocenters. The normalized spacial score (nSPS) is 11.7. The summed E-state index contributed by atoms with van der Waals surface area (Å²) < 4.78 is 30.6. The molecule has 0 aliphatic heterocycles. The van der Waals surface area contributed by atoms with Gasteiger partial charge in [-0.1, -0.05) is 39.3 Å². The Hall–Kier alpha value is -2.15. The summed E-state index contributed by atoms with van der Waals surface area (Å²) in [6, 6.07) is 6.42. The molecule has 6 nitrogen and oxygen atoms in total. The number of nitrogens with zero attached hydrogens (tertiary/aromatic N) is 2. The lowest BCUT2D eigenvalue weighted by Crippen LogP contribution is -2.25. The second kappa shape index (κ2) is 9.17. The summed E-state index contributed by atoms with van der Waals surface area (Å²) >= 11 is 0. The Morgan fingerprint density at radius 3 is 2.41 bits per heavy atom. The highest BCUT2D eigenvalue weighted by Crippen LogP contribution is 2.27. The van der Waals surface area contributed by atoms with Gasteiger partial charge in [0, 0.05) is 18.4 Å². The van der Waals surface area contributed by atoms with Crippen molar-refractivity contribution < 1.29 is 13.2 Å². The second-order valence-corrected chi connectivity index (χ2v) is 9.11. The maximum atomic E-state index is 12.9. The lowest BCUT2D eigenvalue weighted by Gasteiger charge is -2.14. The molecule has 0 N–H and O–H groups in total. The molecule has 27 heavy (non-hydrogen) atoms. The van der Waals surface area contributed by atoms with E-state index in [0.29, 0.717) is 30.2 Å². The summed E-state index contributed by atoms with van der Waals surface area (Å²) in [4.78, 5) is 13.1. The van der Waals surface area contributed by atoms with E-state index in [1.165, 1.54) is 23.1 Å². The Balaban J connectivity index is 2.44. The topological polar surface area (TPSA) is 78.3 Å². The zero-order chi connectivity index (χ0) is 20.0. The summed E-state index contributed by atoms with van der Waals surface area (Å²) in [5.41, 5.74) is 1.03. The summed E-state index contributed by atoms with van der Waals surface area (Å²) in [5.74, 6) is 0.737. The molecule has 0 saturated heterocycles. The zero-order valence-corrected chi connectivity index (χ0v) is 17.3. The van der Waals surface area contributed by atoms with Gasteiger partial charge >= 0.3 is 5.56 Å². The maximum Gasteiger partial charge on any atom is 0.309 e. The molecule has 0 bridgehead atoms. The molecule has 0 unspecified atom stereocenters. The quantitative estimate of drug-likeness (QED) is 0.652. The van der Waals surface area contributed by atoms with Crippen LogP contribution in [-0.2, 0) is 16.4 Å². The maximum absolute atomic E-state index is 12.9. The van der Waals surface area contributed by atoms with Crippen LogP contribution in [0.3, 0.4) is 0 Å². The van der Waals surface area contributed by atoms with Crippen LogP contribution < -0.4 is 10.3 Å². The summed E-state index contributed by atoms with van der Waals surface area (Å²) in [6.45, 7) is 7.24. The van der Waals surface area contributed by atoms with Gasteiger partial charge in [-0.25, -0.2) is 13.1 Å². The average molecular weight is 393 g/mol. The van der Waals surface area contributed by atoms with E-state index < -0.39 is 9.84 Å². The average Bonchev–Trinajstić information content (AvgIpc) is 2.61. The van der Waals surface area contributed by atoms with Gasteiger partial charge in [0.05, 0.1) is 17.7 Å². The predicted molar refractivity (Wildman–Crippen MR) is 107 cm³/mol. The molecule has 0 radical (unpaired) electrons. The molecule has 0 aliphatic rings. The molecule has 1 aromatic heterocycles. The van der Waals surface area contributed by atoms with Crippen molar-refractivity contribution in [3.05, 3.63) is 40.8 Å². The number of unbranched alkanes of at least 4 members (excludes halogenated alkanes) is 1. The highest BCUT2D eigenvalue weighted by molar-refractivity contribution is 7.90. The Morgan fingerprint density at radius 1 is 1.19 bits per heavy atom. The lowest BCUT2D eigenvalue weighted by molar-refractivity contribution is 0.283. The number of aryl methyl sites for hydroxylation is 1. The smallest absolute Gasteiger partial charge is 0.309 e. The molecule has 0 spiro atoms. The number of hydrogen-bond donors (Lipinski definition) is 0. The SMILES string of the molecule is CCCCn1ncc(-c2ccc(S(C)(=O)=O)cc2)c(OCCC(C)C)c1=O. The van der Waals surface area contributed by atoms with Crippen LogP contribution in [0.25, 0.3) is 11.1 Å². The summed E-state index contributed by atoms with van der Waals surface area (Å²) in [7, 11) is -3.27. The fourth-order valence-corrected chi connectivity index (χ4v) is 3.19. The van der Waals surface area contributed by atoms with Crippen LogP contribution >= 0.6 is 0 Å². The summed E-state index contributed by atoms with van der Waals surface area (Å²) in [5, 5.41) is 4.27. The van der Waals surface area contributed by atoms with Gasteiger partial charge in [0.25, 0.3) is 0 Å². The number of sulfone groups is 1. The molecular weight excluding hydrogens is 364 g/mol. The van der Waals surface area contributed by atoms with Gasteiger partial charge in [0.2, 0.25) is 0 Å². The minimum absolute atomic E-state index is 0.234. The Bertz CT molecular complexity index is 916.